The molecular weight excluding hydrogens is 891 g/mol. The van der Waals surface area contributed by atoms with Gasteiger partial charge in [-0.1, -0.05) is 212 Å². The summed E-state index contributed by atoms with van der Waals surface area (Å²) >= 11 is 0. The number of rotatable bonds is 7. The maximum Gasteiger partial charge on any atom is 0.238 e. The summed E-state index contributed by atoms with van der Waals surface area (Å²) in [5.41, 5.74) is 15.4. The van der Waals surface area contributed by atoms with Crippen LogP contribution in [0, 0.1) is 0 Å². The number of nitrogens with zero attached hydrogens (tertiary/aromatic N) is 5. The molecule has 6 heteroatoms. The molecule has 73 heavy (non-hydrogen) atoms. The van der Waals surface area contributed by atoms with E-state index < -0.39 is 0 Å². The Balaban J connectivity index is 0.991. The van der Waals surface area contributed by atoms with Crippen LogP contribution in [0.15, 0.2) is 253 Å². The first-order valence-electron chi connectivity index (χ1n) is 24.7. The molecule has 15 rings (SSSR count). The zero-order chi connectivity index (χ0) is 48.0. The fraction of sp³-hybridized carbons (Fsp3) is 0. The first-order valence-corrected chi connectivity index (χ1v) is 24.7. The van der Waals surface area contributed by atoms with Crippen LogP contribution in [0.25, 0.3) is 144 Å². The molecule has 0 atom stereocenters. The molecule has 6 nitrogen and oxygen atoms in total. The maximum atomic E-state index is 6.79. The van der Waals surface area contributed by atoms with Gasteiger partial charge in [0.25, 0.3) is 0 Å². The van der Waals surface area contributed by atoms with Gasteiger partial charge in [-0.3, -0.25) is 4.57 Å². The molecule has 340 valence electrons. The van der Waals surface area contributed by atoms with Crippen LogP contribution >= 0.6 is 0 Å². The molecule has 0 aliphatic carbocycles. The smallest absolute Gasteiger partial charge is 0.238 e. The highest BCUT2D eigenvalue weighted by Crippen LogP contribution is 2.45. The Morgan fingerprint density at radius 2 is 0.795 bits per heavy atom. The highest BCUT2D eigenvalue weighted by atomic mass is 16.3. The largest absolute Gasteiger partial charge is 0.455 e. The average molecular weight is 932 g/mol. The van der Waals surface area contributed by atoms with Crippen LogP contribution in [0.3, 0.4) is 0 Å². The Hall–Kier alpha value is -9.91. The van der Waals surface area contributed by atoms with Crippen LogP contribution in [-0.4, -0.2) is 24.1 Å². The molecule has 0 amide bonds. The van der Waals surface area contributed by atoms with Gasteiger partial charge in [0, 0.05) is 54.7 Å². The van der Waals surface area contributed by atoms with Crippen molar-refractivity contribution in [2.45, 2.75) is 0 Å². The van der Waals surface area contributed by atoms with Crippen LogP contribution in [-0.2, 0) is 0 Å². The fourth-order valence-electron chi connectivity index (χ4n) is 11.1. The van der Waals surface area contributed by atoms with Crippen molar-refractivity contribution in [1.29, 1.82) is 0 Å². The molecule has 0 N–H and O–H groups in total. The maximum absolute atomic E-state index is 6.79. The first kappa shape index (κ1) is 40.9. The topological polar surface area (TPSA) is 61.7 Å². The fourth-order valence-corrected chi connectivity index (χ4v) is 11.1. The highest BCUT2D eigenvalue weighted by molar-refractivity contribution is 6.24. The monoisotopic (exact) mass is 931 g/mol. The van der Waals surface area contributed by atoms with E-state index >= 15 is 0 Å². The molecule has 0 aliphatic rings. The van der Waals surface area contributed by atoms with Gasteiger partial charge in [0.15, 0.2) is 11.6 Å². The lowest BCUT2D eigenvalue weighted by atomic mass is 9.98. The Morgan fingerprint density at radius 1 is 0.301 bits per heavy atom. The van der Waals surface area contributed by atoms with Gasteiger partial charge in [-0.2, -0.15) is 9.97 Å². The van der Waals surface area contributed by atoms with E-state index in [9.17, 15) is 0 Å². The Labute approximate surface area is 419 Å². The van der Waals surface area contributed by atoms with Crippen LogP contribution in [0.4, 0.5) is 0 Å². The van der Waals surface area contributed by atoms with E-state index in [1.807, 2.05) is 24.3 Å². The van der Waals surface area contributed by atoms with Crippen molar-refractivity contribution < 1.29 is 4.42 Å². The quantitative estimate of drug-likeness (QED) is 0.160. The third-order valence-corrected chi connectivity index (χ3v) is 14.6. The van der Waals surface area contributed by atoms with Crippen molar-refractivity contribution in [1.82, 2.24) is 24.1 Å². The molecule has 0 radical (unpaired) electrons. The van der Waals surface area contributed by atoms with Gasteiger partial charge < -0.3 is 8.98 Å². The molecule has 15 aromatic rings. The molecule has 0 unspecified atom stereocenters. The van der Waals surface area contributed by atoms with Gasteiger partial charge in [-0.15, -0.1) is 0 Å². The molecule has 0 aliphatic heterocycles. The minimum Gasteiger partial charge on any atom is -0.455 e. The summed E-state index contributed by atoms with van der Waals surface area (Å²) in [7, 11) is 0. The molecule has 0 bridgehead atoms. The van der Waals surface area contributed by atoms with E-state index in [0.29, 0.717) is 17.6 Å². The first-order chi connectivity index (χ1) is 36.2. The van der Waals surface area contributed by atoms with Gasteiger partial charge in [-0.05, 0) is 75.0 Å². The number of furan rings is 1. The summed E-state index contributed by atoms with van der Waals surface area (Å²) in [6, 6.07) is 88.1. The number of para-hydroxylation sites is 3. The zero-order valence-electron chi connectivity index (χ0n) is 39.3. The average Bonchev–Trinajstić information content (AvgIpc) is 4.13. The highest BCUT2D eigenvalue weighted by Gasteiger charge is 2.25. The third kappa shape index (κ3) is 6.62. The van der Waals surface area contributed by atoms with E-state index in [4.69, 9.17) is 19.4 Å². The summed E-state index contributed by atoms with van der Waals surface area (Å²) < 4.78 is 11.5. The van der Waals surface area contributed by atoms with Gasteiger partial charge in [0.1, 0.15) is 11.2 Å². The van der Waals surface area contributed by atoms with E-state index in [-0.39, 0.29) is 0 Å². The van der Waals surface area contributed by atoms with Crippen molar-refractivity contribution in [3.8, 4) is 67.8 Å². The standard InChI is InChI=1S/C67H41N5O/c1-3-15-42(16-4-1)44-27-32-46(33-28-44)57-40-51(41-58-54-23-11-14-26-61(54)73-64(57)58)71-59-24-12-9-21-52(59)55-37-38-56-53-22-10-13-25-60(53)72(63(56)62(55)71)67-69-65(47-18-5-2-6-19-47)68-66(70-67)48-34-29-45(30-35-48)50-36-31-43-17-7-8-20-49(43)39-50/h1-41H. The number of benzene rings is 11. The summed E-state index contributed by atoms with van der Waals surface area (Å²) in [5.74, 6) is 1.72. The minimum atomic E-state index is 0.536. The summed E-state index contributed by atoms with van der Waals surface area (Å²) in [5, 5.41) is 9.03. The van der Waals surface area contributed by atoms with Crippen molar-refractivity contribution in [2.75, 3.05) is 0 Å². The van der Waals surface area contributed by atoms with Gasteiger partial charge in [0.2, 0.25) is 5.95 Å². The number of fused-ring (bicyclic) bond motifs is 11. The lowest BCUT2D eigenvalue weighted by Gasteiger charge is -2.15. The second-order valence-electron chi connectivity index (χ2n) is 18.8. The van der Waals surface area contributed by atoms with Crippen LogP contribution < -0.4 is 0 Å². The second-order valence-corrected chi connectivity index (χ2v) is 18.8. The summed E-state index contributed by atoms with van der Waals surface area (Å²) in [6.07, 6.45) is 0. The molecule has 4 aromatic heterocycles. The van der Waals surface area contributed by atoms with Gasteiger partial charge in [-0.25, -0.2) is 4.98 Å². The van der Waals surface area contributed by atoms with E-state index in [1.165, 1.54) is 16.3 Å². The Bertz CT molecular complexity index is 4650. The van der Waals surface area contributed by atoms with Crippen LogP contribution in [0.1, 0.15) is 0 Å². The van der Waals surface area contributed by atoms with Gasteiger partial charge in [0.05, 0.1) is 22.1 Å². The SMILES string of the molecule is c1ccc(-c2ccc(-c3cc(-n4c5ccccc5c5ccc6c7ccccc7n(-c7nc(-c8ccccc8)nc(-c8ccc(-c9ccc%10ccccc%10c9)cc8)n7)c6c54)cc4c3oc3ccccc34)cc2)cc1. The van der Waals surface area contributed by atoms with Crippen molar-refractivity contribution in [3.05, 3.63) is 249 Å². The Kier molecular flexibility index (Phi) is 9.16. The molecule has 4 heterocycles. The predicted octanol–water partition coefficient (Wildman–Crippen LogP) is 17.5. The lowest BCUT2D eigenvalue weighted by Crippen LogP contribution is -2.07. The molecular formula is C67H41N5O. The lowest BCUT2D eigenvalue weighted by molar-refractivity contribution is 0.670. The van der Waals surface area contributed by atoms with Crippen molar-refractivity contribution in [2.24, 2.45) is 0 Å². The van der Waals surface area contributed by atoms with Crippen molar-refractivity contribution >= 4 is 76.3 Å². The van der Waals surface area contributed by atoms with Crippen LogP contribution in [0.2, 0.25) is 0 Å². The molecule has 0 saturated carbocycles. The van der Waals surface area contributed by atoms with E-state index in [2.05, 4.69) is 234 Å². The molecule has 0 spiro atoms. The summed E-state index contributed by atoms with van der Waals surface area (Å²) in [4.78, 5) is 16.1. The normalized spacial score (nSPS) is 11.8. The van der Waals surface area contributed by atoms with Crippen molar-refractivity contribution in [3.63, 3.8) is 0 Å². The predicted molar refractivity (Wildman–Crippen MR) is 300 cm³/mol. The minimum absolute atomic E-state index is 0.536. The Morgan fingerprint density at radius 3 is 1.49 bits per heavy atom. The molecule has 0 fully saturated rings. The summed E-state index contributed by atoms with van der Waals surface area (Å²) in [6.45, 7) is 0. The number of hydrogen-bond donors (Lipinski definition) is 0. The zero-order valence-corrected chi connectivity index (χ0v) is 39.3. The molecule has 11 aromatic carbocycles. The second kappa shape index (κ2) is 16.3. The van der Waals surface area contributed by atoms with Crippen LogP contribution in [0.5, 0.6) is 0 Å². The van der Waals surface area contributed by atoms with E-state index in [0.717, 1.165) is 110 Å². The number of hydrogen-bond acceptors (Lipinski definition) is 4. The third-order valence-electron chi connectivity index (χ3n) is 14.6. The van der Waals surface area contributed by atoms with Gasteiger partial charge >= 0.3 is 0 Å². The number of aromatic nitrogens is 5. The molecule has 0 saturated heterocycles. The van der Waals surface area contributed by atoms with E-state index in [1.54, 1.807) is 0 Å².